The lowest BCUT2D eigenvalue weighted by molar-refractivity contribution is -0.119. The molecule has 3 N–H and O–H groups in total. The Labute approximate surface area is 124 Å². The maximum atomic E-state index is 12.0. The normalized spacial score (nSPS) is 11.8. The largest absolute Gasteiger partial charge is 0.493 e. The number of halogens is 1. The monoisotopic (exact) mass is 300 g/mol. The van der Waals surface area contributed by atoms with Crippen LogP contribution in [-0.4, -0.2) is 26.7 Å². The lowest BCUT2D eigenvalue weighted by Crippen LogP contribution is -2.21. The Morgan fingerprint density at radius 1 is 1.35 bits per heavy atom. The number of carbonyl (C=O) groups excluding carboxylic acids is 1. The van der Waals surface area contributed by atoms with Gasteiger partial charge in [-0.15, -0.1) is 0 Å². The van der Waals surface area contributed by atoms with Crippen molar-refractivity contribution in [1.82, 2.24) is 0 Å². The van der Waals surface area contributed by atoms with Gasteiger partial charge in [-0.05, 0) is 19.4 Å². The van der Waals surface area contributed by atoms with Crippen LogP contribution < -0.4 is 20.5 Å². The highest BCUT2D eigenvalue weighted by Crippen LogP contribution is 2.36. The standard InChI is InChI=1S/C14H21ClN2O3/c1-9(5-4-6-16)14(18)17-11-8-13(20-3)12(19-2)7-10(11)15/h7-9H,4-6,16H2,1-3H3,(H,17,18). The second-order valence-electron chi connectivity index (χ2n) is 4.51. The van der Waals surface area contributed by atoms with Crippen LogP contribution in [0.2, 0.25) is 5.02 Å². The Bertz CT molecular complexity index is 466. The molecule has 0 spiro atoms. The van der Waals surface area contributed by atoms with Gasteiger partial charge in [-0.3, -0.25) is 4.79 Å². The molecular weight excluding hydrogens is 280 g/mol. The Balaban J connectivity index is 2.84. The minimum absolute atomic E-state index is 0.0902. The number of benzene rings is 1. The van der Waals surface area contributed by atoms with Gasteiger partial charge in [0.1, 0.15) is 0 Å². The molecule has 112 valence electrons. The van der Waals surface area contributed by atoms with E-state index in [-0.39, 0.29) is 11.8 Å². The number of methoxy groups -OCH3 is 2. The fourth-order valence-electron chi connectivity index (χ4n) is 1.76. The molecule has 6 heteroatoms. The first-order valence-corrected chi connectivity index (χ1v) is 6.83. The Hall–Kier alpha value is -1.46. The van der Waals surface area contributed by atoms with Crippen LogP contribution in [0.4, 0.5) is 5.69 Å². The third-order valence-corrected chi connectivity index (χ3v) is 3.33. The fraction of sp³-hybridized carbons (Fsp3) is 0.500. The van der Waals surface area contributed by atoms with Gasteiger partial charge in [0.25, 0.3) is 0 Å². The molecule has 0 bridgehead atoms. The van der Waals surface area contributed by atoms with E-state index in [2.05, 4.69) is 5.32 Å². The summed E-state index contributed by atoms with van der Waals surface area (Å²) in [5.74, 6) is 0.823. The van der Waals surface area contributed by atoms with Crippen LogP contribution >= 0.6 is 11.6 Å². The smallest absolute Gasteiger partial charge is 0.227 e. The van der Waals surface area contributed by atoms with Crippen molar-refractivity contribution in [3.63, 3.8) is 0 Å². The number of anilines is 1. The molecule has 1 aromatic carbocycles. The van der Waals surface area contributed by atoms with Crippen molar-refractivity contribution in [3.8, 4) is 11.5 Å². The van der Waals surface area contributed by atoms with Gasteiger partial charge in [0.2, 0.25) is 5.91 Å². The van der Waals surface area contributed by atoms with E-state index in [4.69, 9.17) is 26.8 Å². The molecule has 1 atom stereocenters. The fourth-order valence-corrected chi connectivity index (χ4v) is 1.96. The zero-order valence-corrected chi connectivity index (χ0v) is 12.8. The summed E-state index contributed by atoms with van der Waals surface area (Å²) in [5.41, 5.74) is 5.95. The molecule has 0 aliphatic rings. The van der Waals surface area contributed by atoms with E-state index < -0.39 is 0 Å². The zero-order valence-electron chi connectivity index (χ0n) is 12.0. The van der Waals surface area contributed by atoms with E-state index in [0.29, 0.717) is 28.8 Å². The predicted molar refractivity (Wildman–Crippen MR) is 80.6 cm³/mol. The Morgan fingerprint density at radius 2 is 1.95 bits per heavy atom. The quantitative estimate of drug-likeness (QED) is 0.812. The third-order valence-electron chi connectivity index (χ3n) is 3.02. The molecule has 0 heterocycles. The molecular formula is C14H21ClN2O3. The van der Waals surface area contributed by atoms with Gasteiger partial charge in [0, 0.05) is 18.1 Å². The second-order valence-corrected chi connectivity index (χ2v) is 4.92. The highest BCUT2D eigenvalue weighted by molar-refractivity contribution is 6.34. The first-order chi connectivity index (χ1) is 9.53. The molecule has 1 aromatic rings. The van der Waals surface area contributed by atoms with Crippen LogP contribution in [0.5, 0.6) is 11.5 Å². The van der Waals surface area contributed by atoms with Crippen molar-refractivity contribution >= 4 is 23.2 Å². The van der Waals surface area contributed by atoms with Crippen LogP contribution in [0.3, 0.4) is 0 Å². The van der Waals surface area contributed by atoms with Crippen molar-refractivity contribution in [2.24, 2.45) is 11.7 Å². The van der Waals surface area contributed by atoms with Gasteiger partial charge < -0.3 is 20.5 Å². The minimum atomic E-state index is -0.122. The van der Waals surface area contributed by atoms with Crippen LogP contribution in [0.15, 0.2) is 12.1 Å². The van der Waals surface area contributed by atoms with Gasteiger partial charge in [0.15, 0.2) is 11.5 Å². The second kappa shape index (κ2) is 7.97. The first kappa shape index (κ1) is 16.6. The van der Waals surface area contributed by atoms with Crippen LogP contribution in [0.1, 0.15) is 19.8 Å². The Morgan fingerprint density at radius 3 is 2.50 bits per heavy atom. The Kier molecular flexibility index (Phi) is 6.61. The average Bonchev–Trinajstić information content (AvgIpc) is 2.45. The molecule has 0 saturated heterocycles. The topological polar surface area (TPSA) is 73.6 Å². The van der Waals surface area contributed by atoms with Crippen LogP contribution in [-0.2, 0) is 4.79 Å². The number of ether oxygens (including phenoxy) is 2. The third kappa shape index (κ3) is 4.28. The molecule has 1 rings (SSSR count). The highest BCUT2D eigenvalue weighted by Gasteiger charge is 2.16. The molecule has 0 radical (unpaired) electrons. The van der Waals surface area contributed by atoms with E-state index >= 15 is 0 Å². The lowest BCUT2D eigenvalue weighted by Gasteiger charge is -2.15. The molecule has 1 unspecified atom stereocenters. The molecule has 0 saturated carbocycles. The van der Waals surface area contributed by atoms with Crippen molar-refractivity contribution in [2.45, 2.75) is 19.8 Å². The molecule has 1 amide bonds. The van der Waals surface area contributed by atoms with Gasteiger partial charge in [-0.25, -0.2) is 0 Å². The SMILES string of the molecule is COc1cc(Cl)c(NC(=O)C(C)CCCN)cc1OC. The first-order valence-electron chi connectivity index (χ1n) is 6.46. The lowest BCUT2D eigenvalue weighted by atomic mass is 10.0. The number of rotatable bonds is 7. The van der Waals surface area contributed by atoms with Crippen molar-refractivity contribution < 1.29 is 14.3 Å². The maximum Gasteiger partial charge on any atom is 0.227 e. The van der Waals surface area contributed by atoms with Gasteiger partial charge in [-0.1, -0.05) is 18.5 Å². The van der Waals surface area contributed by atoms with Crippen LogP contribution in [0, 0.1) is 5.92 Å². The summed E-state index contributed by atoms with van der Waals surface area (Å²) in [4.78, 5) is 12.0. The summed E-state index contributed by atoms with van der Waals surface area (Å²) >= 11 is 6.12. The molecule has 0 aliphatic heterocycles. The van der Waals surface area contributed by atoms with E-state index in [9.17, 15) is 4.79 Å². The number of nitrogens with one attached hydrogen (secondary N) is 1. The number of hydrogen-bond donors (Lipinski definition) is 2. The molecule has 0 fully saturated rings. The highest BCUT2D eigenvalue weighted by atomic mass is 35.5. The number of amides is 1. The summed E-state index contributed by atoms with van der Waals surface area (Å²) in [6.07, 6.45) is 1.56. The van der Waals surface area contributed by atoms with Gasteiger partial charge in [-0.2, -0.15) is 0 Å². The number of nitrogens with two attached hydrogens (primary N) is 1. The zero-order chi connectivity index (χ0) is 15.1. The molecule has 20 heavy (non-hydrogen) atoms. The van der Waals surface area contributed by atoms with Gasteiger partial charge >= 0.3 is 0 Å². The summed E-state index contributed by atoms with van der Waals surface area (Å²) in [6, 6.07) is 3.26. The van der Waals surface area contributed by atoms with E-state index in [0.717, 1.165) is 12.8 Å². The summed E-state index contributed by atoms with van der Waals surface area (Å²) in [6.45, 7) is 2.44. The van der Waals surface area contributed by atoms with Crippen molar-refractivity contribution in [1.29, 1.82) is 0 Å². The maximum absolute atomic E-state index is 12.0. The number of carbonyl (C=O) groups is 1. The minimum Gasteiger partial charge on any atom is -0.493 e. The summed E-state index contributed by atoms with van der Waals surface area (Å²) in [5, 5.41) is 3.20. The number of hydrogen-bond acceptors (Lipinski definition) is 4. The van der Waals surface area contributed by atoms with Gasteiger partial charge in [0.05, 0.1) is 24.9 Å². The van der Waals surface area contributed by atoms with Crippen molar-refractivity contribution in [2.75, 3.05) is 26.1 Å². The molecule has 0 aliphatic carbocycles. The summed E-state index contributed by atoms with van der Waals surface area (Å²) < 4.78 is 10.3. The molecule has 0 aromatic heterocycles. The predicted octanol–water partition coefficient (Wildman–Crippen LogP) is 2.67. The summed E-state index contributed by atoms with van der Waals surface area (Å²) in [7, 11) is 3.06. The average molecular weight is 301 g/mol. The molecule has 5 nitrogen and oxygen atoms in total. The van der Waals surface area contributed by atoms with Crippen LogP contribution in [0.25, 0.3) is 0 Å². The van der Waals surface area contributed by atoms with E-state index in [1.165, 1.54) is 14.2 Å². The van der Waals surface area contributed by atoms with E-state index in [1.807, 2.05) is 6.92 Å². The van der Waals surface area contributed by atoms with Crippen molar-refractivity contribution in [3.05, 3.63) is 17.2 Å². The van der Waals surface area contributed by atoms with E-state index in [1.54, 1.807) is 12.1 Å².